The number of aliphatic hydroxyl groups is 1. The zero-order chi connectivity index (χ0) is 13.5. The van der Waals surface area contributed by atoms with Crippen molar-refractivity contribution in [3.05, 3.63) is 29.3 Å². The van der Waals surface area contributed by atoms with E-state index in [-0.39, 0.29) is 0 Å². The maximum Gasteiger partial charge on any atom is 0.0964 e. The molecule has 0 radical (unpaired) electrons. The van der Waals surface area contributed by atoms with Crippen LogP contribution in [0.4, 0.5) is 0 Å². The lowest BCUT2D eigenvalue weighted by Crippen LogP contribution is -2.14. The fourth-order valence-electron chi connectivity index (χ4n) is 1.77. The molecule has 1 N–H and O–H groups in total. The van der Waals surface area contributed by atoms with E-state index in [1.807, 2.05) is 18.2 Å². The van der Waals surface area contributed by atoms with Gasteiger partial charge in [0.15, 0.2) is 0 Å². The van der Waals surface area contributed by atoms with Gasteiger partial charge < -0.3 is 14.6 Å². The first-order valence-electron chi connectivity index (χ1n) is 6.39. The number of hydrogen-bond donors (Lipinski definition) is 1. The highest BCUT2D eigenvalue weighted by molar-refractivity contribution is 7.18. The van der Waals surface area contributed by atoms with Crippen molar-refractivity contribution in [3.8, 4) is 0 Å². The van der Waals surface area contributed by atoms with Crippen LogP contribution in [0.15, 0.2) is 24.3 Å². The van der Waals surface area contributed by atoms with E-state index < -0.39 is 6.10 Å². The summed E-state index contributed by atoms with van der Waals surface area (Å²) in [5.41, 5.74) is 1.01. The number of fused-ring (bicyclic) bond motifs is 1. The zero-order valence-electron chi connectivity index (χ0n) is 11.0. The van der Waals surface area contributed by atoms with E-state index in [1.54, 1.807) is 18.4 Å². The van der Waals surface area contributed by atoms with Crippen LogP contribution in [0.5, 0.6) is 0 Å². The second kappa shape index (κ2) is 7.55. The summed E-state index contributed by atoms with van der Waals surface area (Å²) in [6, 6.07) is 8.03. The summed E-state index contributed by atoms with van der Waals surface area (Å²) in [4.78, 5) is 4.51. The normalized spacial score (nSPS) is 12.9. The van der Waals surface area contributed by atoms with Crippen LogP contribution in [0.2, 0.25) is 0 Å². The predicted octanol–water partition coefficient (Wildman–Crippen LogP) is 2.25. The zero-order valence-corrected chi connectivity index (χ0v) is 11.9. The molecule has 19 heavy (non-hydrogen) atoms. The summed E-state index contributed by atoms with van der Waals surface area (Å²) in [7, 11) is 1.64. The number of rotatable bonds is 8. The van der Waals surface area contributed by atoms with Crippen LogP contribution in [0.25, 0.3) is 10.2 Å². The van der Waals surface area contributed by atoms with Crippen molar-refractivity contribution in [2.24, 2.45) is 0 Å². The Morgan fingerprint density at radius 2 is 2.11 bits per heavy atom. The van der Waals surface area contributed by atoms with Crippen LogP contribution >= 0.6 is 11.3 Å². The van der Waals surface area contributed by atoms with E-state index in [4.69, 9.17) is 9.47 Å². The average molecular weight is 281 g/mol. The fraction of sp³-hybridized carbons (Fsp3) is 0.500. The van der Waals surface area contributed by atoms with Crippen LogP contribution < -0.4 is 0 Å². The molecule has 4 nitrogen and oxygen atoms in total. The molecule has 0 amide bonds. The number of methoxy groups -OCH3 is 1. The number of thiazole rings is 1. The van der Waals surface area contributed by atoms with Gasteiger partial charge in [-0.2, -0.15) is 0 Å². The van der Waals surface area contributed by atoms with Crippen LogP contribution in [-0.4, -0.2) is 43.1 Å². The molecule has 1 heterocycles. The van der Waals surface area contributed by atoms with Gasteiger partial charge >= 0.3 is 0 Å². The fourth-order valence-corrected chi connectivity index (χ4v) is 2.81. The summed E-state index contributed by atoms with van der Waals surface area (Å²) in [6.45, 7) is 1.72. The highest BCUT2D eigenvalue weighted by atomic mass is 32.1. The number of nitrogens with zero attached hydrogens (tertiary/aromatic N) is 1. The lowest BCUT2D eigenvalue weighted by molar-refractivity contribution is 0.0479. The Balaban J connectivity index is 1.76. The van der Waals surface area contributed by atoms with Crippen LogP contribution in [-0.2, 0) is 15.9 Å². The third-order valence-corrected chi connectivity index (χ3v) is 3.83. The largest absolute Gasteiger partial charge is 0.393 e. The number of aliphatic hydroxyl groups excluding tert-OH is 1. The van der Waals surface area contributed by atoms with E-state index in [1.165, 1.54) is 4.70 Å². The maximum atomic E-state index is 9.94. The smallest absolute Gasteiger partial charge is 0.0964 e. The minimum absolute atomic E-state index is 0.400. The molecule has 2 rings (SSSR count). The molecule has 104 valence electrons. The highest BCUT2D eigenvalue weighted by Crippen LogP contribution is 2.22. The van der Waals surface area contributed by atoms with Crippen LogP contribution in [0, 0.1) is 0 Å². The summed E-state index contributed by atoms with van der Waals surface area (Å²) >= 11 is 1.64. The average Bonchev–Trinajstić information content (AvgIpc) is 2.80. The molecule has 1 aromatic heterocycles. The molecular weight excluding hydrogens is 262 g/mol. The minimum Gasteiger partial charge on any atom is -0.393 e. The van der Waals surface area contributed by atoms with E-state index in [9.17, 15) is 5.11 Å². The number of ether oxygens (including phenoxy) is 2. The third kappa shape index (κ3) is 4.54. The Morgan fingerprint density at radius 1 is 1.26 bits per heavy atom. The summed E-state index contributed by atoms with van der Waals surface area (Å²) < 4.78 is 11.4. The van der Waals surface area contributed by atoms with Crippen molar-refractivity contribution in [2.45, 2.75) is 18.9 Å². The Morgan fingerprint density at radius 3 is 2.89 bits per heavy atom. The van der Waals surface area contributed by atoms with Crippen molar-refractivity contribution >= 4 is 21.6 Å². The van der Waals surface area contributed by atoms with E-state index >= 15 is 0 Å². The van der Waals surface area contributed by atoms with Crippen molar-refractivity contribution in [3.63, 3.8) is 0 Å². The van der Waals surface area contributed by atoms with Crippen molar-refractivity contribution in [1.29, 1.82) is 0 Å². The monoisotopic (exact) mass is 281 g/mol. The molecule has 0 saturated heterocycles. The van der Waals surface area contributed by atoms with Gasteiger partial charge in [-0.1, -0.05) is 12.1 Å². The molecule has 0 fully saturated rings. The molecule has 0 aliphatic rings. The summed E-state index contributed by atoms with van der Waals surface area (Å²) in [6.07, 6.45) is 0.815. The van der Waals surface area contributed by atoms with Crippen molar-refractivity contribution in [2.75, 3.05) is 26.9 Å². The van der Waals surface area contributed by atoms with Crippen LogP contribution in [0.1, 0.15) is 11.4 Å². The number of benzene rings is 1. The number of hydrogen-bond acceptors (Lipinski definition) is 5. The van der Waals surface area contributed by atoms with Gasteiger partial charge in [-0.3, -0.25) is 0 Å². The summed E-state index contributed by atoms with van der Waals surface area (Å²) in [5, 5.41) is 10.9. The Bertz CT molecular complexity index is 467. The standard InChI is InChI=1S/C14H19NO3S/c1-17-8-9-18-7-6-11(16)10-14-15-12-4-2-3-5-13(12)19-14/h2-5,11,16H,6-10H2,1H3. The predicted molar refractivity (Wildman–Crippen MR) is 76.6 cm³/mol. The molecule has 1 aromatic carbocycles. The first-order chi connectivity index (χ1) is 9.29. The second-order valence-electron chi connectivity index (χ2n) is 4.33. The van der Waals surface area contributed by atoms with Gasteiger partial charge in [0, 0.05) is 20.1 Å². The Labute approximate surface area is 117 Å². The van der Waals surface area contributed by atoms with Gasteiger partial charge in [0.25, 0.3) is 0 Å². The molecule has 0 saturated carbocycles. The van der Waals surface area contributed by atoms with Crippen molar-refractivity contribution in [1.82, 2.24) is 4.98 Å². The molecule has 0 aliphatic carbocycles. The molecule has 2 aromatic rings. The molecule has 0 aliphatic heterocycles. The van der Waals surface area contributed by atoms with E-state index in [0.29, 0.717) is 32.7 Å². The summed E-state index contributed by atoms with van der Waals surface area (Å²) in [5.74, 6) is 0. The van der Waals surface area contributed by atoms with Gasteiger partial charge in [-0.05, 0) is 18.6 Å². The lowest BCUT2D eigenvalue weighted by Gasteiger charge is -2.08. The molecule has 0 spiro atoms. The molecule has 0 bridgehead atoms. The number of para-hydroxylation sites is 1. The minimum atomic E-state index is -0.400. The van der Waals surface area contributed by atoms with Gasteiger partial charge in [-0.15, -0.1) is 11.3 Å². The van der Waals surface area contributed by atoms with Gasteiger partial charge in [0.2, 0.25) is 0 Å². The van der Waals surface area contributed by atoms with E-state index in [2.05, 4.69) is 11.1 Å². The van der Waals surface area contributed by atoms with Gasteiger partial charge in [0.1, 0.15) is 0 Å². The molecular formula is C14H19NO3S. The quantitative estimate of drug-likeness (QED) is 0.754. The maximum absolute atomic E-state index is 9.94. The first-order valence-corrected chi connectivity index (χ1v) is 7.20. The molecule has 5 heteroatoms. The highest BCUT2D eigenvalue weighted by Gasteiger charge is 2.09. The van der Waals surface area contributed by atoms with Gasteiger partial charge in [-0.25, -0.2) is 4.98 Å². The van der Waals surface area contributed by atoms with Gasteiger partial charge in [0.05, 0.1) is 34.5 Å². The molecule has 1 atom stereocenters. The SMILES string of the molecule is COCCOCCC(O)Cc1nc2ccccc2s1. The third-order valence-electron chi connectivity index (χ3n) is 2.78. The Hall–Kier alpha value is -1.01. The first kappa shape index (κ1) is 14.4. The van der Waals surface area contributed by atoms with Crippen LogP contribution in [0.3, 0.4) is 0 Å². The second-order valence-corrected chi connectivity index (χ2v) is 5.44. The van der Waals surface area contributed by atoms with Crippen molar-refractivity contribution < 1.29 is 14.6 Å². The Kier molecular flexibility index (Phi) is 5.72. The molecule has 1 unspecified atom stereocenters. The van der Waals surface area contributed by atoms with E-state index in [0.717, 1.165) is 10.5 Å². The topological polar surface area (TPSA) is 51.6 Å². The lowest BCUT2D eigenvalue weighted by atomic mass is 10.2. The number of aromatic nitrogens is 1.